The summed E-state index contributed by atoms with van der Waals surface area (Å²) in [5.41, 5.74) is 0. The SMILES string of the molecule is CC(C)[C@H]1O[C@@H](C(C)C)C(O)C1O. The second-order valence-electron chi connectivity index (χ2n) is 4.53. The molecule has 1 saturated heterocycles. The molecule has 1 aliphatic rings. The fourth-order valence-electron chi connectivity index (χ4n) is 1.83. The van der Waals surface area contributed by atoms with Crippen LogP contribution in [-0.4, -0.2) is 34.6 Å². The van der Waals surface area contributed by atoms with Crippen LogP contribution in [-0.2, 0) is 4.74 Å². The van der Waals surface area contributed by atoms with Crippen molar-refractivity contribution in [1.82, 2.24) is 0 Å². The van der Waals surface area contributed by atoms with Gasteiger partial charge in [-0.15, -0.1) is 0 Å². The molecule has 0 aliphatic carbocycles. The minimum absolute atomic E-state index is 0.220. The van der Waals surface area contributed by atoms with Gasteiger partial charge in [0.1, 0.15) is 12.2 Å². The van der Waals surface area contributed by atoms with Crippen LogP contribution in [0.15, 0.2) is 0 Å². The van der Waals surface area contributed by atoms with Gasteiger partial charge in [0.05, 0.1) is 12.2 Å². The lowest BCUT2D eigenvalue weighted by Gasteiger charge is -2.19. The van der Waals surface area contributed by atoms with Gasteiger partial charge < -0.3 is 14.9 Å². The zero-order chi connectivity index (χ0) is 10.2. The summed E-state index contributed by atoms with van der Waals surface area (Å²) < 4.78 is 5.61. The molecule has 0 saturated carbocycles. The Kier molecular flexibility index (Phi) is 3.33. The van der Waals surface area contributed by atoms with Crippen molar-refractivity contribution in [2.45, 2.75) is 52.1 Å². The van der Waals surface area contributed by atoms with Crippen molar-refractivity contribution < 1.29 is 14.9 Å². The average molecular weight is 188 g/mol. The summed E-state index contributed by atoms with van der Waals surface area (Å²) in [4.78, 5) is 0. The molecule has 1 rings (SSSR count). The summed E-state index contributed by atoms with van der Waals surface area (Å²) in [6.45, 7) is 7.96. The van der Waals surface area contributed by atoms with E-state index in [4.69, 9.17) is 4.74 Å². The lowest BCUT2D eigenvalue weighted by Crippen LogP contribution is -2.35. The van der Waals surface area contributed by atoms with E-state index in [9.17, 15) is 10.2 Å². The predicted molar refractivity (Wildman–Crippen MR) is 50.4 cm³/mol. The first-order valence-corrected chi connectivity index (χ1v) is 4.96. The Morgan fingerprint density at radius 1 is 0.846 bits per heavy atom. The Hall–Kier alpha value is -0.120. The van der Waals surface area contributed by atoms with E-state index in [1.54, 1.807) is 0 Å². The Bertz CT molecular complexity index is 150. The van der Waals surface area contributed by atoms with Crippen LogP contribution < -0.4 is 0 Å². The van der Waals surface area contributed by atoms with Gasteiger partial charge in [-0.2, -0.15) is 0 Å². The van der Waals surface area contributed by atoms with E-state index in [-0.39, 0.29) is 24.0 Å². The third-order valence-corrected chi connectivity index (χ3v) is 2.65. The normalized spacial score (nSPS) is 40.6. The van der Waals surface area contributed by atoms with Crippen molar-refractivity contribution in [3.63, 3.8) is 0 Å². The highest BCUT2D eigenvalue weighted by molar-refractivity contribution is 4.92. The number of aliphatic hydroxyl groups is 2. The summed E-state index contributed by atoms with van der Waals surface area (Å²) in [6, 6.07) is 0. The van der Waals surface area contributed by atoms with Gasteiger partial charge in [-0.05, 0) is 11.8 Å². The quantitative estimate of drug-likeness (QED) is 0.673. The summed E-state index contributed by atoms with van der Waals surface area (Å²) in [5, 5.41) is 19.3. The van der Waals surface area contributed by atoms with Gasteiger partial charge in [-0.25, -0.2) is 0 Å². The minimum Gasteiger partial charge on any atom is -0.388 e. The highest BCUT2D eigenvalue weighted by Gasteiger charge is 2.44. The van der Waals surface area contributed by atoms with Gasteiger partial charge in [0.15, 0.2) is 0 Å². The Morgan fingerprint density at radius 3 is 1.31 bits per heavy atom. The topological polar surface area (TPSA) is 49.7 Å². The van der Waals surface area contributed by atoms with Crippen LogP contribution in [0.3, 0.4) is 0 Å². The van der Waals surface area contributed by atoms with Crippen molar-refractivity contribution in [3.05, 3.63) is 0 Å². The fourth-order valence-corrected chi connectivity index (χ4v) is 1.83. The summed E-state index contributed by atoms with van der Waals surface area (Å²) >= 11 is 0. The van der Waals surface area contributed by atoms with E-state index < -0.39 is 12.2 Å². The molecule has 3 heteroatoms. The van der Waals surface area contributed by atoms with Crippen molar-refractivity contribution in [2.24, 2.45) is 11.8 Å². The van der Waals surface area contributed by atoms with Gasteiger partial charge in [-0.3, -0.25) is 0 Å². The third kappa shape index (κ3) is 2.03. The Labute approximate surface area is 79.7 Å². The molecule has 0 spiro atoms. The standard InChI is InChI=1S/C10H20O3/c1-5(2)9-7(11)8(12)10(13-9)6(3)4/h5-12H,1-4H3/t7?,8?,9-,10+. The van der Waals surface area contributed by atoms with Crippen LogP contribution in [0.25, 0.3) is 0 Å². The van der Waals surface area contributed by atoms with Crippen LogP contribution in [0.2, 0.25) is 0 Å². The molecule has 1 heterocycles. The summed E-state index contributed by atoms with van der Waals surface area (Å²) in [5.74, 6) is 0.488. The molecule has 13 heavy (non-hydrogen) atoms. The van der Waals surface area contributed by atoms with Crippen LogP contribution in [0.5, 0.6) is 0 Å². The van der Waals surface area contributed by atoms with Crippen LogP contribution in [0.4, 0.5) is 0 Å². The van der Waals surface area contributed by atoms with E-state index in [0.717, 1.165) is 0 Å². The molecule has 1 fully saturated rings. The van der Waals surface area contributed by atoms with E-state index in [0.29, 0.717) is 0 Å². The highest BCUT2D eigenvalue weighted by atomic mass is 16.5. The fraction of sp³-hybridized carbons (Fsp3) is 1.00. The van der Waals surface area contributed by atoms with Crippen molar-refractivity contribution in [3.8, 4) is 0 Å². The number of rotatable bonds is 2. The molecular formula is C10H20O3. The van der Waals surface area contributed by atoms with E-state index in [1.807, 2.05) is 27.7 Å². The molecule has 2 N–H and O–H groups in total. The number of aliphatic hydroxyl groups excluding tert-OH is 2. The first-order valence-electron chi connectivity index (χ1n) is 4.96. The molecule has 3 nitrogen and oxygen atoms in total. The molecule has 0 bridgehead atoms. The van der Waals surface area contributed by atoms with Gasteiger partial charge >= 0.3 is 0 Å². The molecule has 0 radical (unpaired) electrons. The first kappa shape index (κ1) is 11.0. The second-order valence-corrected chi connectivity index (χ2v) is 4.53. The van der Waals surface area contributed by atoms with Crippen molar-refractivity contribution in [1.29, 1.82) is 0 Å². The lowest BCUT2D eigenvalue weighted by molar-refractivity contribution is -0.0340. The number of hydrogen-bond acceptors (Lipinski definition) is 3. The molecule has 4 atom stereocenters. The van der Waals surface area contributed by atoms with Crippen LogP contribution in [0, 0.1) is 11.8 Å². The average Bonchev–Trinajstić information content (AvgIpc) is 2.29. The third-order valence-electron chi connectivity index (χ3n) is 2.65. The zero-order valence-electron chi connectivity index (χ0n) is 8.77. The summed E-state index contributed by atoms with van der Waals surface area (Å²) in [7, 11) is 0. The largest absolute Gasteiger partial charge is 0.388 e. The minimum atomic E-state index is -0.729. The Balaban J connectivity index is 2.66. The second kappa shape index (κ2) is 3.95. The Morgan fingerprint density at radius 2 is 1.15 bits per heavy atom. The monoisotopic (exact) mass is 188 g/mol. The maximum atomic E-state index is 9.67. The maximum absolute atomic E-state index is 9.67. The predicted octanol–water partition coefficient (Wildman–Crippen LogP) is 0.788. The van der Waals surface area contributed by atoms with E-state index in [2.05, 4.69) is 0 Å². The van der Waals surface area contributed by atoms with E-state index >= 15 is 0 Å². The smallest absolute Gasteiger partial charge is 0.109 e. The molecule has 78 valence electrons. The van der Waals surface area contributed by atoms with Crippen LogP contribution in [0.1, 0.15) is 27.7 Å². The number of ether oxygens (including phenoxy) is 1. The number of hydrogen-bond donors (Lipinski definition) is 2. The molecule has 0 aromatic rings. The lowest BCUT2D eigenvalue weighted by atomic mass is 9.96. The molecule has 0 aromatic heterocycles. The molecule has 0 amide bonds. The van der Waals surface area contributed by atoms with Crippen molar-refractivity contribution >= 4 is 0 Å². The van der Waals surface area contributed by atoms with Gasteiger partial charge in [0.2, 0.25) is 0 Å². The molecule has 1 aliphatic heterocycles. The molecule has 0 aromatic carbocycles. The first-order chi connectivity index (χ1) is 5.95. The molecule has 2 unspecified atom stereocenters. The van der Waals surface area contributed by atoms with Gasteiger partial charge in [-0.1, -0.05) is 27.7 Å². The van der Waals surface area contributed by atoms with Gasteiger partial charge in [0, 0.05) is 0 Å². The zero-order valence-corrected chi connectivity index (χ0v) is 8.77. The highest BCUT2D eigenvalue weighted by Crippen LogP contribution is 2.30. The maximum Gasteiger partial charge on any atom is 0.109 e. The molecular weight excluding hydrogens is 168 g/mol. The van der Waals surface area contributed by atoms with Gasteiger partial charge in [0.25, 0.3) is 0 Å². The van der Waals surface area contributed by atoms with Crippen LogP contribution >= 0.6 is 0 Å². The summed E-state index contributed by atoms with van der Waals surface area (Å²) in [6.07, 6.45) is -1.90. The van der Waals surface area contributed by atoms with E-state index in [1.165, 1.54) is 0 Å². The van der Waals surface area contributed by atoms with Crippen molar-refractivity contribution in [2.75, 3.05) is 0 Å².